The fourth-order valence-corrected chi connectivity index (χ4v) is 5.48. The monoisotopic (exact) mass is 665 g/mol. The standard InChI is InChI=1S/C35H35F4N5O4/c36-24-7-1-21(2-8-24)15-43-35(46)47-20-28-17-41-16-27(48-28)13-14-29-30(39)18-42-19-31(29)44-34(45)33(40)32(22-3-9-25(37)10-4-22)23-5-11-26(38)12-6-23/h1-12,18-19,27-28,32-33,41H,13-17,20,40H2,(H,43,46)(H,44,45)/t27-,28+,33+/m1/s1. The number of hydrogen-bond acceptors (Lipinski definition) is 7. The minimum absolute atomic E-state index is 0.0230. The lowest BCUT2D eigenvalue weighted by molar-refractivity contribution is -0.117. The van der Waals surface area contributed by atoms with Crippen LogP contribution >= 0.6 is 0 Å². The zero-order valence-electron chi connectivity index (χ0n) is 25.8. The molecule has 1 aliphatic rings. The molecular formula is C35H35F4N5O4. The summed E-state index contributed by atoms with van der Waals surface area (Å²) in [5, 5.41) is 8.52. The van der Waals surface area contributed by atoms with Gasteiger partial charge in [0.15, 0.2) is 0 Å². The molecule has 9 nitrogen and oxygen atoms in total. The summed E-state index contributed by atoms with van der Waals surface area (Å²) < 4.78 is 66.9. The van der Waals surface area contributed by atoms with Crippen LogP contribution in [0.3, 0.4) is 0 Å². The van der Waals surface area contributed by atoms with E-state index in [1.807, 2.05) is 0 Å². The molecule has 1 fully saturated rings. The molecule has 252 valence electrons. The molecular weight excluding hydrogens is 630 g/mol. The average molecular weight is 666 g/mol. The van der Waals surface area contributed by atoms with Crippen LogP contribution in [0, 0.1) is 23.3 Å². The summed E-state index contributed by atoms with van der Waals surface area (Å²) >= 11 is 0. The van der Waals surface area contributed by atoms with Crippen molar-refractivity contribution in [2.24, 2.45) is 5.73 Å². The molecule has 3 aromatic carbocycles. The van der Waals surface area contributed by atoms with Gasteiger partial charge in [0.05, 0.1) is 30.2 Å². The van der Waals surface area contributed by atoms with Crippen molar-refractivity contribution in [1.82, 2.24) is 15.6 Å². The van der Waals surface area contributed by atoms with E-state index in [0.717, 1.165) is 6.20 Å². The number of ether oxygens (including phenoxy) is 2. The number of carbonyl (C=O) groups excluding carboxylic acids is 2. The number of benzene rings is 3. The predicted molar refractivity (Wildman–Crippen MR) is 170 cm³/mol. The van der Waals surface area contributed by atoms with Gasteiger partial charge in [0.25, 0.3) is 0 Å². The van der Waals surface area contributed by atoms with E-state index >= 15 is 4.39 Å². The third-order valence-electron chi connectivity index (χ3n) is 7.98. The van der Waals surface area contributed by atoms with Crippen molar-refractivity contribution < 1.29 is 36.6 Å². The molecule has 1 saturated heterocycles. The van der Waals surface area contributed by atoms with E-state index in [2.05, 4.69) is 20.9 Å². The van der Waals surface area contributed by atoms with E-state index in [1.54, 1.807) is 12.1 Å². The number of nitrogens with zero attached hydrogens (tertiary/aromatic N) is 1. The van der Waals surface area contributed by atoms with Crippen LogP contribution in [0.1, 0.15) is 34.6 Å². The molecule has 48 heavy (non-hydrogen) atoms. The summed E-state index contributed by atoms with van der Waals surface area (Å²) in [6.07, 6.45) is 1.47. The summed E-state index contributed by atoms with van der Waals surface area (Å²) in [4.78, 5) is 29.5. The van der Waals surface area contributed by atoms with Gasteiger partial charge in [-0.25, -0.2) is 22.4 Å². The van der Waals surface area contributed by atoms with Crippen LogP contribution in [0.15, 0.2) is 85.2 Å². The Morgan fingerprint density at radius 3 is 2.08 bits per heavy atom. The Labute approximate surface area is 274 Å². The molecule has 0 bridgehead atoms. The number of alkyl carbamates (subject to hydrolysis) is 1. The fourth-order valence-electron chi connectivity index (χ4n) is 5.48. The Kier molecular flexibility index (Phi) is 11.7. The largest absolute Gasteiger partial charge is 0.447 e. The van der Waals surface area contributed by atoms with Gasteiger partial charge in [-0.2, -0.15) is 0 Å². The Balaban J connectivity index is 1.18. The SMILES string of the molecule is N[C@H](C(=O)Nc1cncc(F)c1CC[C@@H]1CNC[C@@H](COC(=O)NCc2ccc(F)cc2)O1)C(c1ccc(F)cc1)c1ccc(F)cc1. The quantitative estimate of drug-likeness (QED) is 0.158. The molecule has 2 amide bonds. The highest BCUT2D eigenvalue weighted by atomic mass is 19.1. The van der Waals surface area contributed by atoms with Crippen LogP contribution in [0.25, 0.3) is 0 Å². The first-order valence-electron chi connectivity index (χ1n) is 15.4. The maximum atomic E-state index is 15.1. The van der Waals surface area contributed by atoms with Crippen LogP contribution in [0.2, 0.25) is 0 Å². The molecule has 5 rings (SSSR count). The number of aromatic nitrogens is 1. The number of morpholine rings is 1. The maximum absolute atomic E-state index is 15.1. The van der Waals surface area contributed by atoms with Gasteiger partial charge in [0.1, 0.15) is 36.0 Å². The highest BCUT2D eigenvalue weighted by Crippen LogP contribution is 2.29. The first kappa shape index (κ1) is 34.5. The minimum Gasteiger partial charge on any atom is -0.447 e. The molecule has 0 aliphatic carbocycles. The van der Waals surface area contributed by atoms with Gasteiger partial charge in [-0.15, -0.1) is 0 Å². The number of rotatable bonds is 12. The average Bonchev–Trinajstić information content (AvgIpc) is 3.08. The van der Waals surface area contributed by atoms with Gasteiger partial charge >= 0.3 is 6.09 Å². The van der Waals surface area contributed by atoms with Crippen LogP contribution < -0.4 is 21.7 Å². The summed E-state index contributed by atoms with van der Waals surface area (Å²) in [7, 11) is 0. The number of carbonyl (C=O) groups is 2. The Morgan fingerprint density at radius 2 is 1.46 bits per heavy atom. The molecule has 0 unspecified atom stereocenters. The molecule has 5 N–H and O–H groups in total. The van der Waals surface area contributed by atoms with E-state index in [-0.39, 0.29) is 42.7 Å². The summed E-state index contributed by atoms with van der Waals surface area (Å²) in [5.41, 5.74) is 8.57. The number of anilines is 1. The molecule has 3 atom stereocenters. The molecule has 1 aliphatic heterocycles. The van der Waals surface area contributed by atoms with Gasteiger partial charge in [-0.05, 0) is 65.9 Å². The number of hydrogen-bond donors (Lipinski definition) is 4. The van der Waals surface area contributed by atoms with E-state index in [9.17, 15) is 22.8 Å². The van der Waals surface area contributed by atoms with Crippen molar-refractivity contribution >= 4 is 17.7 Å². The fraction of sp³-hybridized carbons (Fsp3) is 0.286. The molecule has 2 heterocycles. The lowest BCUT2D eigenvalue weighted by Crippen LogP contribution is -2.47. The number of halogens is 4. The zero-order valence-corrected chi connectivity index (χ0v) is 25.8. The van der Waals surface area contributed by atoms with Crippen molar-refractivity contribution in [2.45, 2.75) is 43.6 Å². The molecule has 1 aromatic heterocycles. The van der Waals surface area contributed by atoms with E-state index < -0.39 is 47.5 Å². The third kappa shape index (κ3) is 9.37. The van der Waals surface area contributed by atoms with Gasteiger partial charge in [-0.3, -0.25) is 9.78 Å². The first-order valence-corrected chi connectivity index (χ1v) is 15.4. The minimum atomic E-state index is -1.21. The Hall–Kier alpha value is -4.85. The predicted octanol–water partition coefficient (Wildman–Crippen LogP) is 4.95. The highest BCUT2D eigenvalue weighted by Gasteiger charge is 2.29. The second-order valence-electron chi connectivity index (χ2n) is 11.4. The summed E-state index contributed by atoms with van der Waals surface area (Å²) in [6, 6.07) is 15.5. The van der Waals surface area contributed by atoms with E-state index in [4.69, 9.17) is 15.2 Å². The lowest BCUT2D eigenvalue weighted by atomic mass is 9.85. The zero-order chi connectivity index (χ0) is 34.0. The van der Waals surface area contributed by atoms with Gasteiger partial charge in [0.2, 0.25) is 5.91 Å². The molecule has 13 heteroatoms. The number of amides is 2. The van der Waals surface area contributed by atoms with E-state index in [1.165, 1.54) is 66.9 Å². The number of nitrogens with one attached hydrogen (secondary N) is 3. The van der Waals surface area contributed by atoms with Crippen molar-refractivity contribution in [2.75, 3.05) is 25.0 Å². The molecule has 0 spiro atoms. The van der Waals surface area contributed by atoms with Crippen molar-refractivity contribution in [3.63, 3.8) is 0 Å². The Morgan fingerprint density at radius 1 is 0.875 bits per heavy atom. The van der Waals surface area contributed by atoms with Crippen LogP contribution in [-0.4, -0.2) is 54.9 Å². The van der Waals surface area contributed by atoms with Crippen molar-refractivity contribution in [3.8, 4) is 0 Å². The first-order chi connectivity index (χ1) is 23.2. The van der Waals surface area contributed by atoms with Gasteiger partial charge in [0, 0.05) is 31.1 Å². The smallest absolute Gasteiger partial charge is 0.407 e. The Bertz CT molecular complexity index is 1630. The highest BCUT2D eigenvalue weighted by molar-refractivity contribution is 5.96. The summed E-state index contributed by atoms with van der Waals surface area (Å²) in [5.74, 6) is -3.34. The van der Waals surface area contributed by atoms with Gasteiger partial charge < -0.3 is 31.2 Å². The second-order valence-corrected chi connectivity index (χ2v) is 11.4. The molecule has 0 radical (unpaired) electrons. The number of pyridine rings is 1. The van der Waals surface area contributed by atoms with Crippen LogP contribution in [0.5, 0.6) is 0 Å². The molecule has 0 saturated carbocycles. The van der Waals surface area contributed by atoms with Crippen molar-refractivity contribution in [1.29, 1.82) is 0 Å². The van der Waals surface area contributed by atoms with Crippen LogP contribution in [-0.2, 0) is 27.2 Å². The third-order valence-corrected chi connectivity index (χ3v) is 7.98. The van der Waals surface area contributed by atoms with Crippen molar-refractivity contribution in [3.05, 3.63) is 131 Å². The maximum Gasteiger partial charge on any atom is 0.407 e. The molecule has 4 aromatic rings. The van der Waals surface area contributed by atoms with Gasteiger partial charge in [-0.1, -0.05) is 36.4 Å². The summed E-state index contributed by atoms with van der Waals surface area (Å²) in [6.45, 7) is 1.06. The second kappa shape index (κ2) is 16.3. The van der Waals surface area contributed by atoms with E-state index in [0.29, 0.717) is 36.2 Å². The normalized spacial score (nSPS) is 16.7. The lowest BCUT2D eigenvalue weighted by Gasteiger charge is -2.31. The van der Waals surface area contributed by atoms with Crippen LogP contribution in [0.4, 0.5) is 28.0 Å². The topological polar surface area (TPSA) is 128 Å². The number of nitrogens with two attached hydrogens (primary N) is 1.